The van der Waals surface area contributed by atoms with Crippen molar-refractivity contribution >= 4 is 32.6 Å². The van der Waals surface area contributed by atoms with Gasteiger partial charge in [-0.25, -0.2) is 14.4 Å². The Morgan fingerprint density at radius 1 is 1.09 bits per heavy atom. The monoisotopic (exact) mass is 446 g/mol. The zero-order valence-corrected chi connectivity index (χ0v) is 18.6. The van der Waals surface area contributed by atoms with Crippen LogP contribution in [0.4, 0.5) is 9.52 Å². The maximum absolute atomic E-state index is 13.3. The molecule has 162 valence electrons. The lowest BCUT2D eigenvalue weighted by molar-refractivity contribution is -0.120. The van der Waals surface area contributed by atoms with Gasteiger partial charge in [-0.05, 0) is 56.0 Å². The van der Waals surface area contributed by atoms with E-state index in [4.69, 9.17) is 4.98 Å². The fourth-order valence-electron chi connectivity index (χ4n) is 4.21. The summed E-state index contributed by atoms with van der Waals surface area (Å²) >= 11 is 1.54. The molecular formula is C25H23FN4OS. The number of rotatable bonds is 6. The molecule has 0 saturated carbocycles. The Morgan fingerprint density at radius 2 is 1.88 bits per heavy atom. The standard InChI is InChI=1S/C25H23FN4OS/c1-16-22-24(28-23(27-16)18-10-12-19(26)13-11-18)29-25(32-22)30-15-5-8-20(30)21(31)14-9-17-6-3-2-4-7-17/h2-4,6-7,10-13,20H,5,8-9,14-15H2,1H3/t20-/m1/s1. The van der Waals surface area contributed by atoms with Crippen LogP contribution in [0.3, 0.4) is 0 Å². The van der Waals surface area contributed by atoms with Crippen LogP contribution in [0.25, 0.3) is 21.7 Å². The molecule has 5 nitrogen and oxygen atoms in total. The van der Waals surface area contributed by atoms with Crippen molar-refractivity contribution in [1.82, 2.24) is 15.0 Å². The van der Waals surface area contributed by atoms with E-state index in [1.165, 1.54) is 17.7 Å². The van der Waals surface area contributed by atoms with Crippen molar-refractivity contribution in [2.24, 2.45) is 0 Å². The molecule has 3 heterocycles. The molecule has 1 atom stereocenters. The zero-order chi connectivity index (χ0) is 22.1. The van der Waals surface area contributed by atoms with Gasteiger partial charge in [0, 0.05) is 18.5 Å². The lowest BCUT2D eigenvalue weighted by Crippen LogP contribution is -2.36. The molecule has 0 spiro atoms. The van der Waals surface area contributed by atoms with Crippen LogP contribution in [0, 0.1) is 12.7 Å². The molecule has 2 aromatic heterocycles. The van der Waals surface area contributed by atoms with E-state index in [0.29, 0.717) is 17.9 Å². The highest BCUT2D eigenvalue weighted by Gasteiger charge is 2.32. The van der Waals surface area contributed by atoms with Crippen LogP contribution >= 0.6 is 11.3 Å². The van der Waals surface area contributed by atoms with Crippen LogP contribution < -0.4 is 4.90 Å². The summed E-state index contributed by atoms with van der Waals surface area (Å²) in [5.74, 6) is 0.503. The Balaban J connectivity index is 1.39. The number of halogens is 1. The summed E-state index contributed by atoms with van der Waals surface area (Å²) in [6.45, 7) is 2.75. The second-order valence-corrected chi connectivity index (χ2v) is 9.07. The molecule has 1 aliphatic rings. The summed E-state index contributed by atoms with van der Waals surface area (Å²) in [5.41, 5.74) is 3.40. The van der Waals surface area contributed by atoms with Gasteiger partial charge in [0.2, 0.25) is 0 Å². The van der Waals surface area contributed by atoms with Gasteiger partial charge in [0.15, 0.2) is 22.4 Å². The van der Waals surface area contributed by atoms with Crippen molar-refractivity contribution in [3.8, 4) is 11.4 Å². The number of nitrogens with zero attached hydrogens (tertiary/aromatic N) is 4. The van der Waals surface area contributed by atoms with E-state index >= 15 is 0 Å². The highest BCUT2D eigenvalue weighted by atomic mass is 32.1. The summed E-state index contributed by atoms with van der Waals surface area (Å²) < 4.78 is 14.2. The number of anilines is 1. The van der Waals surface area contributed by atoms with Gasteiger partial charge in [0.1, 0.15) is 5.82 Å². The van der Waals surface area contributed by atoms with Crippen molar-refractivity contribution in [2.45, 2.75) is 38.6 Å². The highest BCUT2D eigenvalue weighted by Crippen LogP contribution is 2.35. The number of benzene rings is 2. The summed E-state index contributed by atoms with van der Waals surface area (Å²) in [5, 5.41) is 0.823. The van der Waals surface area contributed by atoms with Crippen molar-refractivity contribution in [3.63, 3.8) is 0 Å². The lowest BCUT2D eigenvalue weighted by atomic mass is 10.0. The number of thiazole rings is 1. The number of fused-ring (bicyclic) bond motifs is 1. The lowest BCUT2D eigenvalue weighted by Gasteiger charge is -2.22. The predicted molar refractivity (Wildman–Crippen MR) is 125 cm³/mol. The Morgan fingerprint density at radius 3 is 2.66 bits per heavy atom. The first kappa shape index (κ1) is 20.7. The van der Waals surface area contributed by atoms with Crippen molar-refractivity contribution in [1.29, 1.82) is 0 Å². The fraction of sp³-hybridized carbons (Fsp3) is 0.280. The number of carbonyl (C=O) groups excluding carboxylic acids is 1. The number of hydrogen-bond acceptors (Lipinski definition) is 6. The summed E-state index contributed by atoms with van der Waals surface area (Å²) in [6.07, 6.45) is 3.12. The molecule has 1 aliphatic heterocycles. The van der Waals surface area contributed by atoms with Crippen LogP contribution in [0.15, 0.2) is 54.6 Å². The molecule has 7 heteroatoms. The van der Waals surface area contributed by atoms with Crippen LogP contribution in [-0.4, -0.2) is 33.3 Å². The molecule has 0 radical (unpaired) electrons. The maximum Gasteiger partial charge on any atom is 0.188 e. The average molecular weight is 447 g/mol. The van der Waals surface area contributed by atoms with Gasteiger partial charge in [-0.3, -0.25) is 4.79 Å². The quantitative estimate of drug-likeness (QED) is 0.398. The minimum atomic E-state index is -0.292. The first-order chi connectivity index (χ1) is 15.6. The molecule has 1 fully saturated rings. The van der Waals surface area contributed by atoms with E-state index in [9.17, 15) is 9.18 Å². The molecule has 0 bridgehead atoms. The molecule has 0 N–H and O–H groups in total. The third-order valence-corrected chi connectivity index (χ3v) is 7.08. The van der Waals surface area contributed by atoms with Gasteiger partial charge >= 0.3 is 0 Å². The van der Waals surface area contributed by atoms with Gasteiger partial charge in [0.25, 0.3) is 0 Å². The smallest absolute Gasteiger partial charge is 0.188 e. The van der Waals surface area contributed by atoms with Crippen molar-refractivity contribution in [2.75, 3.05) is 11.4 Å². The molecular weight excluding hydrogens is 423 g/mol. The fourth-order valence-corrected chi connectivity index (χ4v) is 5.23. The number of aryl methyl sites for hydroxylation is 2. The molecule has 0 unspecified atom stereocenters. The van der Waals surface area contributed by atoms with Crippen LogP contribution in [0.1, 0.15) is 30.5 Å². The first-order valence-corrected chi connectivity index (χ1v) is 11.6. The van der Waals surface area contributed by atoms with Crippen molar-refractivity contribution in [3.05, 3.63) is 71.7 Å². The maximum atomic E-state index is 13.3. The Labute approximate surface area is 190 Å². The summed E-state index contributed by atoms with van der Waals surface area (Å²) in [6, 6.07) is 16.1. The third-order valence-electron chi connectivity index (χ3n) is 5.89. The van der Waals surface area contributed by atoms with E-state index in [1.807, 2.05) is 25.1 Å². The van der Waals surface area contributed by atoms with Gasteiger partial charge in [-0.1, -0.05) is 41.7 Å². The van der Waals surface area contributed by atoms with Crippen molar-refractivity contribution < 1.29 is 9.18 Å². The highest BCUT2D eigenvalue weighted by molar-refractivity contribution is 7.22. The number of ketones is 1. The molecule has 5 rings (SSSR count). The minimum absolute atomic E-state index is 0.135. The van der Waals surface area contributed by atoms with Crippen LogP contribution in [-0.2, 0) is 11.2 Å². The van der Waals surface area contributed by atoms with Crippen LogP contribution in [0.5, 0.6) is 0 Å². The number of aromatic nitrogens is 3. The molecule has 2 aromatic carbocycles. The molecule has 0 aliphatic carbocycles. The average Bonchev–Trinajstić information content (AvgIpc) is 3.46. The number of hydrogen-bond donors (Lipinski definition) is 0. The second-order valence-electron chi connectivity index (χ2n) is 8.09. The van der Waals surface area contributed by atoms with Gasteiger partial charge < -0.3 is 4.90 Å². The second kappa shape index (κ2) is 8.74. The summed E-state index contributed by atoms with van der Waals surface area (Å²) in [7, 11) is 0. The van der Waals surface area contributed by atoms with E-state index < -0.39 is 0 Å². The predicted octanol–water partition coefficient (Wildman–Crippen LogP) is 5.37. The van der Waals surface area contributed by atoms with E-state index in [-0.39, 0.29) is 17.6 Å². The van der Waals surface area contributed by atoms with Gasteiger partial charge in [0.05, 0.1) is 16.4 Å². The third kappa shape index (κ3) is 4.12. The Kier molecular flexibility index (Phi) is 5.66. The molecule has 4 aromatic rings. The number of Topliss-reactive ketones (excluding diaryl/α,β-unsaturated/α-hetero) is 1. The van der Waals surface area contributed by atoms with Gasteiger partial charge in [-0.15, -0.1) is 0 Å². The SMILES string of the molecule is Cc1nc(-c2ccc(F)cc2)nc2nc(N3CCC[C@@H]3C(=O)CCc3ccccc3)sc12. The summed E-state index contributed by atoms with van der Waals surface area (Å²) in [4.78, 5) is 29.2. The van der Waals surface area contributed by atoms with E-state index in [0.717, 1.165) is 46.9 Å². The van der Waals surface area contributed by atoms with E-state index in [2.05, 4.69) is 27.0 Å². The van der Waals surface area contributed by atoms with Crippen LogP contribution in [0.2, 0.25) is 0 Å². The topological polar surface area (TPSA) is 59.0 Å². The molecule has 32 heavy (non-hydrogen) atoms. The minimum Gasteiger partial charge on any atom is -0.338 e. The Bertz CT molecular complexity index is 1260. The zero-order valence-electron chi connectivity index (χ0n) is 17.8. The van der Waals surface area contributed by atoms with E-state index in [1.54, 1.807) is 23.5 Å². The normalized spacial score (nSPS) is 16.1. The largest absolute Gasteiger partial charge is 0.338 e. The molecule has 0 amide bonds. The van der Waals surface area contributed by atoms with Gasteiger partial charge in [-0.2, -0.15) is 4.98 Å². The Hall–Kier alpha value is -3.19. The first-order valence-electron chi connectivity index (χ1n) is 10.8. The molecule has 1 saturated heterocycles. The number of carbonyl (C=O) groups is 1.